The minimum atomic E-state index is -0.617. The van der Waals surface area contributed by atoms with Crippen LogP contribution in [0, 0.1) is 6.92 Å². The van der Waals surface area contributed by atoms with Gasteiger partial charge in [-0.2, -0.15) is 0 Å². The molecule has 2 nitrogen and oxygen atoms in total. The van der Waals surface area contributed by atoms with Crippen molar-refractivity contribution in [2.45, 2.75) is 45.1 Å². The number of aryl methyl sites for hydroxylation is 1. The molecule has 0 aliphatic carbocycles. The Labute approximate surface area is 111 Å². The molecule has 0 aromatic heterocycles. The molecule has 1 aromatic carbocycles. The summed E-state index contributed by atoms with van der Waals surface area (Å²) in [6.45, 7) is 7.61. The molecule has 1 N–H and O–H groups in total. The van der Waals surface area contributed by atoms with Crippen LogP contribution in [0.1, 0.15) is 43.7 Å². The largest absolute Gasteiger partial charge is 0.385 e. The van der Waals surface area contributed by atoms with Crippen molar-refractivity contribution in [3.8, 4) is 0 Å². The van der Waals surface area contributed by atoms with Gasteiger partial charge in [-0.3, -0.25) is 0 Å². The monoisotopic (exact) mass is 247 g/mol. The highest BCUT2D eigenvalue weighted by atomic mass is 16.3. The van der Waals surface area contributed by atoms with Gasteiger partial charge in [-0.25, -0.2) is 0 Å². The van der Waals surface area contributed by atoms with Gasteiger partial charge in [-0.1, -0.05) is 36.8 Å². The summed E-state index contributed by atoms with van der Waals surface area (Å²) in [7, 11) is 0. The number of hydrogen-bond donors (Lipinski definition) is 1. The molecule has 0 bridgehead atoms. The highest BCUT2D eigenvalue weighted by Gasteiger charge is 2.31. The minimum absolute atomic E-state index is 0.617. The Morgan fingerprint density at radius 3 is 2.83 bits per heavy atom. The minimum Gasteiger partial charge on any atom is -0.385 e. The molecule has 1 unspecified atom stereocenters. The highest BCUT2D eigenvalue weighted by Crippen LogP contribution is 2.33. The smallest absolute Gasteiger partial charge is 0.0909 e. The standard InChI is InChI=1S/C16H25NO/c1-3-10-17-11-5-8-16(18,9-12-17)15-7-4-6-14(2)13-15/h4,6-7,13,18H,3,5,8-12H2,1-2H3. The second kappa shape index (κ2) is 5.85. The summed E-state index contributed by atoms with van der Waals surface area (Å²) in [6.07, 6.45) is 4.03. The normalized spacial score (nSPS) is 25.9. The Kier molecular flexibility index (Phi) is 4.41. The second-order valence-corrected chi connectivity index (χ2v) is 5.60. The van der Waals surface area contributed by atoms with Crippen molar-refractivity contribution < 1.29 is 5.11 Å². The first-order valence-corrected chi connectivity index (χ1v) is 7.16. The summed E-state index contributed by atoms with van der Waals surface area (Å²) in [5.74, 6) is 0. The van der Waals surface area contributed by atoms with E-state index in [4.69, 9.17) is 0 Å². The molecule has 1 saturated heterocycles. The van der Waals surface area contributed by atoms with Crippen LogP contribution in [0.15, 0.2) is 24.3 Å². The van der Waals surface area contributed by atoms with Crippen LogP contribution in [0.2, 0.25) is 0 Å². The lowest BCUT2D eigenvalue weighted by Crippen LogP contribution is -2.29. The summed E-state index contributed by atoms with van der Waals surface area (Å²) in [5.41, 5.74) is 1.71. The van der Waals surface area contributed by atoms with Gasteiger partial charge in [0.25, 0.3) is 0 Å². The molecular weight excluding hydrogens is 222 g/mol. The number of nitrogens with zero attached hydrogens (tertiary/aromatic N) is 1. The van der Waals surface area contributed by atoms with Crippen LogP contribution < -0.4 is 0 Å². The fourth-order valence-electron chi connectivity index (χ4n) is 2.94. The van der Waals surface area contributed by atoms with Gasteiger partial charge in [-0.15, -0.1) is 0 Å². The topological polar surface area (TPSA) is 23.5 Å². The molecule has 1 aliphatic rings. The molecule has 2 rings (SSSR count). The van der Waals surface area contributed by atoms with E-state index in [2.05, 4.69) is 43.0 Å². The molecule has 1 aliphatic heterocycles. The quantitative estimate of drug-likeness (QED) is 0.887. The van der Waals surface area contributed by atoms with Crippen LogP contribution in [0.3, 0.4) is 0 Å². The van der Waals surface area contributed by atoms with Crippen molar-refractivity contribution in [2.75, 3.05) is 19.6 Å². The predicted molar refractivity (Wildman–Crippen MR) is 75.7 cm³/mol. The van der Waals surface area contributed by atoms with Crippen LogP contribution in [0.5, 0.6) is 0 Å². The molecular formula is C16H25NO. The zero-order valence-corrected chi connectivity index (χ0v) is 11.7. The Bertz CT molecular complexity index is 390. The lowest BCUT2D eigenvalue weighted by molar-refractivity contribution is 0.0212. The van der Waals surface area contributed by atoms with E-state index in [0.717, 1.165) is 44.5 Å². The maximum Gasteiger partial charge on any atom is 0.0909 e. The third-order valence-electron chi connectivity index (χ3n) is 4.00. The molecule has 1 heterocycles. The van der Waals surface area contributed by atoms with E-state index in [0.29, 0.717) is 0 Å². The first-order valence-electron chi connectivity index (χ1n) is 7.16. The van der Waals surface area contributed by atoms with Crippen molar-refractivity contribution >= 4 is 0 Å². The van der Waals surface area contributed by atoms with Gasteiger partial charge in [0.1, 0.15) is 0 Å². The van der Waals surface area contributed by atoms with Crippen LogP contribution in [0.25, 0.3) is 0 Å². The zero-order valence-electron chi connectivity index (χ0n) is 11.7. The zero-order chi connectivity index (χ0) is 13.0. The third kappa shape index (κ3) is 3.12. The van der Waals surface area contributed by atoms with Crippen LogP contribution in [0.4, 0.5) is 0 Å². The lowest BCUT2D eigenvalue weighted by Gasteiger charge is -2.28. The van der Waals surface area contributed by atoms with E-state index in [1.165, 1.54) is 12.0 Å². The third-order valence-corrected chi connectivity index (χ3v) is 4.00. The van der Waals surface area contributed by atoms with E-state index in [1.807, 2.05) is 0 Å². The Balaban J connectivity index is 2.11. The number of benzene rings is 1. The van der Waals surface area contributed by atoms with Crippen LogP contribution in [-0.4, -0.2) is 29.6 Å². The van der Waals surface area contributed by atoms with E-state index in [9.17, 15) is 5.11 Å². The van der Waals surface area contributed by atoms with E-state index in [-0.39, 0.29) is 0 Å². The van der Waals surface area contributed by atoms with Crippen LogP contribution in [-0.2, 0) is 5.60 Å². The molecule has 18 heavy (non-hydrogen) atoms. The van der Waals surface area contributed by atoms with E-state index in [1.54, 1.807) is 0 Å². The SMILES string of the molecule is CCCN1CCCC(O)(c2cccc(C)c2)CC1. The molecule has 0 spiro atoms. The average molecular weight is 247 g/mol. The van der Waals surface area contributed by atoms with Gasteiger partial charge in [0, 0.05) is 6.54 Å². The molecule has 100 valence electrons. The van der Waals surface area contributed by atoms with Gasteiger partial charge in [0.2, 0.25) is 0 Å². The number of aliphatic hydroxyl groups is 1. The number of hydrogen-bond acceptors (Lipinski definition) is 2. The van der Waals surface area contributed by atoms with Crippen molar-refractivity contribution in [1.29, 1.82) is 0 Å². The van der Waals surface area contributed by atoms with Crippen molar-refractivity contribution in [2.24, 2.45) is 0 Å². The Hall–Kier alpha value is -0.860. The molecule has 1 aromatic rings. The summed E-state index contributed by atoms with van der Waals surface area (Å²) >= 11 is 0. The van der Waals surface area contributed by atoms with Crippen molar-refractivity contribution in [1.82, 2.24) is 4.90 Å². The van der Waals surface area contributed by atoms with Gasteiger partial charge >= 0.3 is 0 Å². The number of likely N-dealkylation sites (tertiary alicyclic amines) is 1. The summed E-state index contributed by atoms with van der Waals surface area (Å²) < 4.78 is 0. The van der Waals surface area contributed by atoms with Crippen molar-refractivity contribution in [3.63, 3.8) is 0 Å². The lowest BCUT2D eigenvalue weighted by atomic mass is 9.86. The number of rotatable bonds is 3. The molecule has 1 fully saturated rings. The Morgan fingerprint density at radius 1 is 1.28 bits per heavy atom. The van der Waals surface area contributed by atoms with E-state index >= 15 is 0 Å². The van der Waals surface area contributed by atoms with Crippen molar-refractivity contribution in [3.05, 3.63) is 35.4 Å². The molecule has 1 atom stereocenters. The fraction of sp³-hybridized carbons (Fsp3) is 0.625. The fourth-order valence-corrected chi connectivity index (χ4v) is 2.94. The molecule has 0 radical (unpaired) electrons. The molecule has 0 amide bonds. The first kappa shape index (κ1) is 13.6. The molecule has 0 saturated carbocycles. The van der Waals surface area contributed by atoms with Gasteiger partial charge < -0.3 is 10.0 Å². The maximum absolute atomic E-state index is 10.9. The average Bonchev–Trinajstić information content (AvgIpc) is 2.54. The van der Waals surface area contributed by atoms with E-state index < -0.39 is 5.60 Å². The first-order chi connectivity index (χ1) is 8.64. The highest BCUT2D eigenvalue weighted by molar-refractivity contribution is 5.27. The maximum atomic E-state index is 10.9. The van der Waals surface area contributed by atoms with Gasteiger partial charge in [-0.05, 0) is 51.3 Å². The Morgan fingerprint density at radius 2 is 2.11 bits per heavy atom. The summed E-state index contributed by atoms with van der Waals surface area (Å²) in [5, 5.41) is 10.9. The summed E-state index contributed by atoms with van der Waals surface area (Å²) in [6, 6.07) is 8.35. The van der Waals surface area contributed by atoms with Crippen LogP contribution >= 0.6 is 0 Å². The van der Waals surface area contributed by atoms with Gasteiger partial charge in [0.05, 0.1) is 5.60 Å². The second-order valence-electron chi connectivity index (χ2n) is 5.60. The van der Waals surface area contributed by atoms with Gasteiger partial charge in [0.15, 0.2) is 0 Å². The predicted octanol–water partition coefficient (Wildman–Crippen LogP) is 3.08. The summed E-state index contributed by atoms with van der Waals surface area (Å²) in [4.78, 5) is 2.48. The molecule has 2 heteroatoms.